The van der Waals surface area contributed by atoms with Crippen molar-refractivity contribution in [2.75, 3.05) is 7.11 Å². The van der Waals surface area contributed by atoms with Crippen molar-refractivity contribution in [3.05, 3.63) is 39.9 Å². The first-order valence-electron chi connectivity index (χ1n) is 5.41. The van der Waals surface area contributed by atoms with Crippen molar-refractivity contribution in [2.45, 2.75) is 6.04 Å². The van der Waals surface area contributed by atoms with Crippen LogP contribution in [-0.4, -0.2) is 21.9 Å². The second kappa shape index (κ2) is 5.75. The van der Waals surface area contributed by atoms with Crippen LogP contribution >= 0.6 is 23.2 Å². The molecule has 0 aromatic carbocycles. The van der Waals surface area contributed by atoms with Crippen LogP contribution in [0.25, 0.3) is 0 Å². The quantitative estimate of drug-likeness (QED) is 0.664. The zero-order valence-electron chi connectivity index (χ0n) is 10.4. The number of aryl methyl sites for hydroxylation is 1. The van der Waals surface area contributed by atoms with Gasteiger partial charge in [0.1, 0.15) is 11.7 Å². The summed E-state index contributed by atoms with van der Waals surface area (Å²) in [6.07, 6.45) is 3.11. The van der Waals surface area contributed by atoms with Gasteiger partial charge in [-0.3, -0.25) is 15.5 Å². The SMILES string of the molecule is COc1cnn(C)c1C(NN)c1ncc(Cl)cc1Cl. The molecule has 102 valence electrons. The van der Waals surface area contributed by atoms with E-state index in [2.05, 4.69) is 15.5 Å². The summed E-state index contributed by atoms with van der Waals surface area (Å²) >= 11 is 12.0. The van der Waals surface area contributed by atoms with E-state index in [1.807, 2.05) is 0 Å². The average Bonchev–Trinajstić information content (AvgIpc) is 2.74. The second-order valence-electron chi connectivity index (χ2n) is 3.84. The maximum atomic E-state index is 6.15. The van der Waals surface area contributed by atoms with Crippen molar-refractivity contribution >= 4 is 23.2 Å². The number of rotatable bonds is 4. The number of hydrogen-bond acceptors (Lipinski definition) is 5. The highest BCUT2D eigenvalue weighted by Crippen LogP contribution is 2.32. The van der Waals surface area contributed by atoms with Crippen LogP contribution in [0.2, 0.25) is 10.0 Å². The highest BCUT2D eigenvalue weighted by Gasteiger charge is 2.24. The number of halogens is 2. The zero-order chi connectivity index (χ0) is 14.0. The summed E-state index contributed by atoms with van der Waals surface area (Å²) in [4.78, 5) is 4.22. The molecular formula is C11H13Cl2N5O. The average molecular weight is 302 g/mol. The van der Waals surface area contributed by atoms with Gasteiger partial charge in [0.2, 0.25) is 0 Å². The van der Waals surface area contributed by atoms with Crippen LogP contribution in [0.1, 0.15) is 17.4 Å². The Kier molecular flexibility index (Phi) is 4.26. The van der Waals surface area contributed by atoms with E-state index in [0.717, 1.165) is 5.69 Å². The molecule has 0 aliphatic carbocycles. The minimum absolute atomic E-state index is 0.415. The summed E-state index contributed by atoms with van der Waals surface area (Å²) in [5, 5.41) is 5.00. The maximum absolute atomic E-state index is 6.15. The fourth-order valence-electron chi connectivity index (χ4n) is 1.84. The van der Waals surface area contributed by atoms with Crippen LogP contribution in [0.3, 0.4) is 0 Å². The Balaban J connectivity index is 2.52. The van der Waals surface area contributed by atoms with Crippen LogP contribution in [0.5, 0.6) is 5.75 Å². The molecule has 1 unspecified atom stereocenters. The largest absolute Gasteiger partial charge is 0.493 e. The minimum atomic E-state index is -0.452. The van der Waals surface area contributed by atoms with Crippen molar-refractivity contribution < 1.29 is 4.74 Å². The van der Waals surface area contributed by atoms with Gasteiger partial charge in [-0.25, -0.2) is 5.43 Å². The number of ether oxygens (including phenoxy) is 1. The fraction of sp³-hybridized carbons (Fsp3) is 0.273. The minimum Gasteiger partial charge on any atom is -0.493 e. The van der Waals surface area contributed by atoms with Crippen LogP contribution < -0.4 is 16.0 Å². The van der Waals surface area contributed by atoms with Gasteiger partial charge >= 0.3 is 0 Å². The molecular weight excluding hydrogens is 289 g/mol. The summed E-state index contributed by atoms with van der Waals surface area (Å²) in [7, 11) is 3.34. The highest BCUT2D eigenvalue weighted by atomic mass is 35.5. The zero-order valence-corrected chi connectivity index (χ0v) is 11.9. The number of nitrogens with two attached hydrogens (primary N) is 1. The van der Waals surface area contributed by atoms with Gasteiger partial charge in [-0.2, -0.15) is 5.10 Å². The molecule has 0 fully saturated rings. The number of nitrogens with zero attached hydrogens (tertiary/aromatic N) is 3. The number of pyridine rings is 1. The number of aromatic nitrogens is 3. The first kappa shape index (κ1) is 14.1. The Morgan fingerprint density at radius 1 is 1.42 bits per heavy atom. The summed E-state index contributed by atoms with van der Waals surface area (Å²) in [5.74, 6) is 6.21. The van der Waals surface area contributed by atoms with Gasteiger partial charge in [-0.05, 0) is 6.07 Å². The van der Waals surface area contributed by atoms with E-state index in [1.54, 1.807) is 31.1 Å². The topological polar surface area (TPSA) is 78.0 Å². The fourth-order valence-corrected chi connectivity index (χ4v) is 2.33. The normalized spacial score (nSPS) is 12.5. The molecule has 2 aromatic rings. The maximum Gasteiger partial charge on any atom is 0.162 e. The number of nitrogens with one attached hydrogen (secondary N) is 1. The van der Waals surface area contributed by atoms with E-state index in [0.29, 0.717) is 21.5 Å². The van der Waals surface area contributed by atoms with E-state index >= 15 is 0 Å². The first-order valence-corrected chi connectivity index (χ1v) is 6.17. The van der Waals surface area contributed by atoms with E-state index in [9.17, 15) is 0 Å². The van der Waals surface area contributed by atoms with E-state index < -0.39 is 6.04 Å². The summed E-state index contributed by atoms with van der Waals surface area (Å²) in [5.41, 5.74) is 3.94. The van der Waals surface area contributed by atoms with Crippen molar-refractivity contribution in [1.29, 1.82) is 0 Å². The van der Waals surface area contributed by atoms with Gasteiger partial charge in [0.15, 0.2) is 5.75 Å². The van der Waals surface area contributed by atoms with Gasteiger partial charge in [-0.15, -0.1) is 0 Å². The Hall–Kier alpha value is -1.34. The Morgan fingerprint density at radius 3 is 2.74 bits per heavy atom. The Morgan fingerprint density at radius 2 is 2.16 bits per heavy atom. The van der Waals surface area contributed by atoms with Crippen LogP contribution in [0.4, 0.5) is 0 Å². The summed E-state index contributed by atoms with van der Waals surface area (Å²) in [6.45, 7) is 0. The monoisotopic (exact) mass is 301 g/mol. The van der Waals surface area contributed by atoms with Gasteiger partial charge in [0, 0.05) is 13.2 Å². The third-order valence-corrected chi connectivity index (χ3v) is 3.23. The molecule has 3 N–H and O–H groups in total. The number of hydrogen-bond donors (Lipinski definition) is 2. The molecule has 0 bridgehead atoms. The summed E-state index contributed by atoms with van der Waals surface area (Å²) in [6, 6.07) is 1.16. The number of hydrazine groups is 1. The first-order chi connectivity index (χ1) is 9.08. The van der Waals surface area contributed by atoms with E-state index in [4.69, 9.17) is 33.8 Å². The van der Waals surface area contributed by atoms with Gasteiger partial charge in [0.05, 0.1) is 29.0 Å². The molecule has 19 heavy (non-hydrogen) atoms. The third-order valence-electron chi connectivity index (χ3n) is 2.72. The van der Waals surface area contributed by atoms with Gasteiger partial charge in [0.25, 0.3) is 0 Å². The Labute approximate surface area is 120 Å². The molecule has 2 heterocycles. The predicted octanol–water partition coefficient (Wildman–Crippen LogP) is 1.68. The lowest BCUT2D eigenvalue weighted by Crippen LogP contribution is -2.31. The molecule has 0 saturated carbocycles. The Bertz CT molecular complexity index is 586. The highest BCUT2D eigenvalue weighted by molar-refractivity contribution is 6.34. The molecule has 0 aliphatic rings. The molecule has 0 saturated heterocycles. The molecule has 6 nitrogen and oxygen atoms in total. The molecule has 0 aliphatic heterocycles. The molecule has 0 radical (unpaired) electrons. The molecule has 1 atom stereocenters. The van der Waals surface area contributed by atoms with Crippen molar-refractivity contribution in [3.63, 3.8) is 0 Å². The second-order valence-corrected chi connectivity index (χ2v) is 4.69. The van der Waals surface area contributed by atoms with Crippen molar-refractivity contribution in [2.24, 2.45) is 12.9 Å². The lowest BCUT2D eigenvalue weighted by atomic mass is 10.1. The molecule has 2 aromatic heterocycles. The van der Waals surface area contributed by atoms with Crippen LogP contribution in [0, 0.1) is 0 Å². The standard InChI is InChI=1S/C11H13Cl2N5O/c1-18-11(8(19-2)5-16-18)10(17-14)9-7(13)3-6(12)4-15-9/h3-5,10,17H,14H2,1-2H3. The van der Waals surface area contributed by atoms with Crippen LogP contribution in [0.15, 0.2) is 18.5 Å². The molecule has 0 spiro atoms. The van der Waals surface area contributed by atoms with Crippen molar-refractivity contribution in [3.8, 4) is 5.75 Å². The summed E-state index contributed by atoms with van der Waals surface area (Å²) < 4.78 is 6.91. The lowest BCUT2D eigenvalue weighted by Gasteiger charge is -2.18. The smallest absolute Gasteiger partial charge is 0.162 e. The van der Waals surface area contributed by atoms with Gasteiger partial charge < -0.3 is 4.74 Å². The van der Waals surface area contributed by atoms with Crippen LogP contribution in [-0.2, 0) is 7.05 Å². The molecule has 2 rings (SSSR count). The predicted molar refractivity (Wildman–Crippen MR) is 73.2 cm³/mol. The third kappa shape index (κ3) is 2.66. The number of methoxy groups -OCH3 is 1. The van der Waals surface area contributed by atoms with E-state index in [1.165, 1.54) is 6.20 Å². The molecule has 8 heteroatoms. The lowest BCUT2D eigenvalue weighted by molar-refractivity contribution is 0.400. The van der Waals surface area contributed by atoms with Gasteiger partial charge in [-0.1, -0.05) is 23.2 Å². The molecule has 0 amide bonds. The van der Waals surface area contributed by atoms with Crippen molar-refractivity contribution in [1.82, 2.24) is 20.2 Å². The van der Waals surface area contributed by atoms with E-state index in [-0.39, 0.29) is 0 Å².